The second-order valence-corrected chi connectivity index (χ2v) is 3.61. The van der Waals surface area contributed by atoms with Gasteiger partial charge in [0, 0.05) is 18.4 Å². The zero-order valence-electron chi connectivity index (χ0n) is 9.27. The maximum atomic E-state index is 11.6. The first-order valence-corrected chi connectivity index (χ1v) is 5.34. The fraction of sp³-hybridized carbons (Fsp3) is 0.231. The molecule has 0 aliphatic carbocycles. The Morgan fingerprint density at radius 2 is 2.29 bits per heavy atom. The van der Waals surface area contributed by atoms with E-state index in [1.165, 1.54) is 0 Å². The summed E-state index contributed by atoms with van der Waals surface area (Å²) in [5.41, 5.74) is 1.35. The molecule has 1 aromatic carbocycles. The van der Waals surface area contributed by atoms with Crippen LogP contribution in [0, 0.1) is 12.3 Å². The van der Waals surface area contributed by atoms with Crippen LogP contribution in [0.15, 0.2) is 28.8 Å². The number of para-hydroxylation sites is 1. The molecule has 2 aromatic rings. The second kappa shape index (κ2) is 5.17. The van der Waals surface area contributed by atoms with Crippen molar-refractivity contribution < 1.29 is 9.32 Å². The largest absolute Gasteiger partial charge is 0.356 e. The summed E-state index contributed by atoms with van der Waals surface area (Å²) in [4.78, 5) is 11.6. The van der Waals surface area contributed by atoms with Crippen LogP contribution in [0.5, 0.6) is 0 Å². The number of carbonyl (C=O) groups excluding carboxylic acids is 1. The van der Waals surface area contributed by atoms with Crippen molar-refractivity contribution in [2.75, 3.05) is 6.54 Å². The molecule has 0 aliphatic rings. The predicted octanol–water partition coefficient (Wildman–Crippen LogP) is 1.51. The second-order valence-electron chi connectivity index (χ2n) is 3.61. The van der Waals surface area contributed by atoms with Crippen LogP contribution in [0.25, 0.3) is 11.0 Å². The highest BCUT2D eigenvalue weighted by molar-refractivity contribution is 5.86. The van der Waals surface area contributed by atoms with Crippen molar-refractivity contribution in [3.63, 3.8) is 0 Å². The third kappa shape index (κ3) is 2.64. The molecule has 0 aliphatic heterocycles. The van der Waals surface area contributed by atoms with Gasteiger partial charge < -0.3 is 9.84 Å². The monoisotopic (exact) mass is 228 g/mol. The lowest BCUT2D eigenvalue weighted by Crippen LogP contribution is -2.26. The Morgan fingerprint density at radius 3 is 3.12 bits per heavy atom. The van der Waals surface area contributed by atoms with E-state index in [2.05, 4.69) is 16.4 Å². The van der Waals surface area contributed by atoms with Gasteiger partial charge in [-0.05, 0) is 12.1 Å². The van der Waals surface area contributed by atoms with Crippen LogP contribution in [0.1, 0.15) is 12.1 Å². The topological polar surface area (TPSA) is 55.1 Å². The number of nitrogens with one attached hydrogen (secondary N) is 1. The van der Waals surface area contributed by atoms with Gasteiger partial charge in [0.1, 0.15) is 5.69 Å². The van der Waals surface area contributed by atoms with Gasteiger partial charge in [-0.2, -0.15) is 0 Å². The third-order valence-electron chi connectivity index (χ3n) is 2.37. The van der Waals surface area contributed by atoms with Crippen LogP contribution in [-0.2, 0) is 11.2 Å². The average molecular weight is 228 g/mol. The molecule has 0 atom stereocenters. The van der Waals surface area contributed by atoms with Gasteiger partial charge in [-0.1, -0.05) is 17.3 Å². The van der Waals surface area contributed by atoms with Crippen molar-refractivity contribution in [1.82, 2.24) is 10.5 Å². The number of rotatable bonds is 4. The molecule has 0 saturated heterocycles. The van der Waals surface area contributed by atoms with Crippen LogP contribution >= 0.6 is 0 Å². The van der Waals surface area contributed by atoms with Crippen LogP contribution in [-0.4, -0.2) is 17.6 Å². The number of amides is 1. The van der Waals surface area contributed by atoms with Crippen molar-refractivity contribution >= 4 is 16.9 Å². The summed E-state index contributed by atoms with van der Waals surface area (Å²) in [7, 11) is 0. The fourth-order valence-corrected chi connectivity index (χ4v) is 1.55. The highest BCUT2D eigenvalue weighted by atomic mass is 16.5. The maximum absolute atomic E-state index is 11.6. The minimum Gasteiger partial charge on any atom is -0.356 e. The minimum absolute atomic E-state index is 0.0979. The van der Waals surface area contributed by atoms with E-state index in [0.29, 0.717) is 24.2 Å². The van der Waals surface area contributed by atoms with Gasteiger partial charge in [0.2, 0.25) is 5.91 Å². The van der Waals surface area contributed by atoms with Crippen LogP contribution in [0.3, 0.4) is 0 Å². The van der Waals surface area contributed by atoms with Crippen molar-refractivity contribution in [3.8, 4) is 12.3 Å². The van der Waals surface area contributed by atoms with E-state index in [1.807, 2.05) is 24.3 Å². The molecular formula is C13H12N2O2. The number of nitrogens with zero attached hydrogens (tertiary/aromatic N) is 1. The molecule has 1 heterocycles. The number of hydrogen-bond donors (Lipinski definition) is 1. The van der Waals surface area contributed by atoms with E-state index in [0.717, 1.165) is 5.39 Å². The van der Waals surface area contributed by atoms with Gasteiger partial charge >= 0.3 is 0 Å². The van der Waals surface area contributed by atoms with Gasteiger partial charge in [0.15, 0.2) is 5.58 Å². The molecule has 4 nitrogen and oxygen atoms in total. The standard InChI is InChI=1S/C13H12N2O2/c1-2-3-8-14-13(16)9-11-10-6-4-5-7-12(10)17-15-11/h1,4-7H,3,8-9H2,(H,14,16). The number of carbonyl (C=O) groups is 1. The summed E-state index contributed by atoms with van der Waals surface area (Å²) in [6.45, 7) is 0.491. The summed E-state index contributed by atoms with van der Waals surface area (Å²) in [5.74, 6) is 2.36. The molecule has 86 valence electrons. The Morgan fingerprint density at radius 1 is 1.47 bits per heavy atom. The number of fused-ring (bicyclic) bond motifs is 1. The molecule has 4 heteroatoms. The van der Waals surface area contributed by atoms with E-state index in [1.54, 1.807) is 0 Å². The normalized spacial score (nSPS) is 10.1. The van der Waals surface area contributed by atoms with E-state index >= 15 is 0 Å². The summed E-state index contributed by atoms with van der Waals surface area (Å²) < 4.78 is 5.11. The van der Waals surface area contributed by atoms with Crippen molar-refractivity contribution in [2.45, 2.75) is 12.8 Å². The van der Waals surface area contributed by atoms with Crippen LogP contribution in [0.2, 0.25) is 0 Å². The predicted molar refractivity (Wildman–Crippen MR) is 64.2 cm³/mol. The molecule has 0 fully saturated rings. The van der Waals surface area contributed by atoms with Crippen LogP contribution in [0.4, 0.5) is 0 Å². The maximum Gasteiger partial charge on any atom is 0.226 e. The molecule has 0 bridgehead atoms. The van der Waals surface area contributed by atoms with E-state index < -0.39 is 0 Å². The number of benzene rings is 1. The highest BCUT2D eigenvalue weighted by Gasteiger charge is 2.11. The summed E-state index contributed by atoms with van der Waals surface area (Å²) in [6.07, 6.45) is 5.84. The van der Waals surface area contributed by atoms with E-state index in [-0.39, 0.29) is 12.3 Å². The summed E-state index contributed by atoms with van der Waals surface area (Å²) >= 11 is 0. The lowest BCUT2D eigenvalue weighted by atomic mass is 10.1. The minimum atomic E-state index is -0.0979. The molecule has 1 aromatic heterocycles. The Labute approximate surface area is 99.0 Å². The highest BCUT2D eigenvalue weighted by Crippen LogP contribution is 2.17. The smallest absolute Gasteiger partial charge is 0.226 e. The molecule has 17 heavy (non-hydrogen) atoms. The zero-order chi connectivity index (χ0) is 12.1. The van der Waals surface area contributed by atoms with E-state index in [4.69, 9.17) is 10.9 Å². The fourth-order valence-electron chi connectivity index (χ4n) is 1.55. The average Bonchev–Trinajstić information content (AvgIpc) is 2.73. The molecule has 1 N–H and O–H groups in total. The molecular weight excluding hydrogens is 216 g/mol. The zero-order valence-corrected chi connectivity index (χ0v) is 9.27. The Kier molecular flexibility index (Phi) is 3.41. The van der Waals surface area contributed by atoms with Gasteiger partial charge in [-0.3, -0.25) is 4.79 Å². The number of hydrogen-bond acceptors (Lipinski definition) is 3. The van der Waals surface area contributed by atoms with Crippen LogP contribution < -0.4 is 5.32 Å². The molecule has 2 rings (SSSR count). The summed E-state index contributed by atoms with van der Waals surface area (Å²) in [5, 5.41) is 7.49. The van der Waals surface area contributed by atoms with E-state index in [9.17, 15) is 4.79 Å². The number of terminal acetylenes is 1. The first kappa shape index (κ1) is 11.2. The molecule has 1 amide bonds. The summed E-state index contributed by atoms with van der Waals surface area (Å²) in [6, 6.07) is 7.46. The van der Waals surface area contributed by atoms with Gasteiger partial charge in [-0.15, -0.1) is 12.3 Å². The first-order valence-electron chi connectivity index (χ1n) is 5.34. The van der Waals surface area contributed by atoms with Gasteiger partial charge in [0.25, 0.3) is 0 Å². The van der Waals surface area contributed by atoms with Gasteiger partial charge in [0.05, 0.1) is 6.42 Å². The Hall–Kier alpha value is -2.28. The Balaban J connectivity index is 2.04. The molecule has 0 spiro atoms. The Bertz CT molecular complexity index is 566. The quantitative estimate of drug-likeness (QED) is 0.637. The third-order valence-corrected chi connectivity index (χ3v) is 2.37. The van der Waals surface area contributed by atoms with Crippen molar-refractivity contribution in [2.24, 2.45) is 0 Å². The first-order chi connectivity index (χ1) is 8.31. The number of aromatic nitrogens is 1. The van der Waals surface area contributed by atoms with Gasteiger partial charge in [-0.25, -0.2) is 0 Å². The van der Waals surface area contributed by atoms with Crippen molar-refractivity contribution in [3.05, 3.63) is 30.0 Å². The molecule has 0 radical (unpaired) electrons. The lowest BCUT2D eigenvalue weighted by molar-refractivity contribution is -0.120. The molecule has 0 unspecified atom stereocenters. The molecule has 0 saturated carbocycles. The SMILES string of the molecule is C#CCCNC(=O)Cc1noc2ccccc12. The lowest BCUT2D eigenvalue weighted by Gasteiger charge is -2.00. The van der Waals surface area contributed by atoms with Crippen molar-refractivity contribution in [1.29, 1.82) is 0 Å².